The smallest absolute Gasteiger partial charge is 0.279 e. The van der Waals surface area contributed by atoms with E-state index >= 15 is 0 Å². The number of rotatable bonds is 4. The molecule has 2 heterocycles. The molecule has 0 saturated heterocycles. The van der Waals surface area contributed by atoms with Gasteiger partial charge in [0.1, 0.15) is 11.4 Å². The molecule has 0 aliphatic carbocycles. The lowest BCUT2D eigenvalue weighted by Crippen LogP contribution is -2.26. The molecule has 0 bridgehead atoms. The number of hydrogen-bond acceptors (Lipinski definition) is 5. The van der Waals surface area contributed by atoms with Crippen LogP contribution in [-0.4, -0.2) is 27.8 Å². The second-order valence-electron chi connectivity index (χ2n) is 7.15. The van der Waals surface area contributed by atoms with Crippen molar-refractivity contribution in [3.05, 3.63) is 101 Å². The van der Waals surface area contributed by atoms with Gasteiger partial charge in [-0.3, -0.25) is 14.6 Å². The molecular formula is C25H18N4O3. The summed E-state index contributed by atoms with van der Waals surface area (Å²) in [6, 6.07) is 23.4. The maximum absolute atomic E-state index is 13.3. The van der Waals surface area contributed by atoms with E-state index in [9.17, 15) is 9.59 Å². The first-order valence-corrected chi connectivity index (χ1v) is 9.97. The van der Waals surface area contributed by atoms with Crippen LogP contribution in [0.5, 0.6) is 5.75 Å². The predicted molar refractivity (Wildman–Crippen MR) is 124 cm³/mol. The van der Waals surface area contributed by atoms with Crippen LogP contribution in [0.15, 0.2) is 89.9 Å². The highest BCUT2D eigenvalue weighted by Gasteiger charge is 2.19. The Morgan fingerprint density at radius 3 is 2.50 bits per heavy atom. The number of anilines is 1. The van der Waals surface area contributed by atoms with Crippen molar-refractivity contribution in [1.29, 1.82) is 0 Å². The van der Waals surface area contributed by atoms with Crippen molar-refractivity contribution < 1.29 is 9.53 Å². The topological polar surface area (TPSA) is 86.1 Å². The number of aromatic nitrogens is 3. The standard InChI is InChI=1S/C25H18N4O3/c1-32-22-13-7-6-12-21(22)29-25(31)19-10-4-3-9-18(19)23(28-29)24(30)27-17-14-16-8-2-5-11-20(16)26-15-17/h2-15H,1H3,(H,27,30). The van der Waals surface area contributed by atoms with E-state index in [2.05, 4.69) is 15.4 Å². The average Bonchev–Trinajstić information content (AvgIpc) is 2.84. The number of carbonyl (C=O) groups is 1. The summed E-state index contributed by atoms with van der Waals surface area (Å²) in [7, 11) is 1.52. The molecule has 7 nitrogen and oxygen atoms in total. The van der Waals surface area contributed by atoms with Crippen molar-refractivity contribution in [2.45, 2.75) is 0 Å². The number of pyridine rings is 1. The number of hydrogen-bond donors (Lipinski definition) is 1. The highest BCUT2D eigenvalue weighted by molar-refractivity contribution is 6.11. The summed E-state index contributed by atoms with van der Waals surface area (Å²) >= 11 is 0. The largest absolute Gasteiger partial charge is 0.494 e. The molecule has 7 heteroatoms. The Bertz CT molecular complexity index is 1540. The Hall–Kier alpha value is -4.52. The molecule has 0 aliphatic heterocycles. The third-order valence-corrected chi connectivity index (χ3v) is 5.18. The molecule has 0 radical (unpaired) electrons. The van der Waals surface area contributed by atoms with Crippen LogP contribution in [0.1, 0.15) is 10.5 Å². The van der Waals surface area contributed by atoms with Gasteiger partial charge in [-0.25, -0.2) is 0 Å². The van der Waals surface area contributed by atoms with Gasteiger partial charge in [0.15, 0.2) is 5.69 Å². The Labute approximate surface area is 182 Å². The molecule has 0 atom stereocenters. The maximum Gasteiger partial charge on any atom is 0.279 e. The second kappa shape index (κ2) is 7.96. The highest BCUT2D eigenvalue weighted by Crippen LogP contribution is 2.23. The minimum Gasteiger partial charge on any atom is -0.494 e. The van der Waals surface area contributed by atoms with Crippen LogP contribution in [0, 0.1) is 0 Å². The predicted octanol–water partition coefficient (Wildman–Crippen LogP) is 4.19. The normalized spacial score (nSPS) is 10.9. The third kappa shape index (κ3) is 3.35. The van der Waals surface area contributed by atoms with Gasteiger partial charge in [-0.05, 0) is 30.3 Å². The fourth-order valence-electron chi connectivity index (χ4n) is 3.65. The summed E-state index contributed by atoms with van der Waals surface area (Å²) in [5.41, 5.74) is 1.61. The van der Waals surface area contributed by atoms with Crippen molar-refractivity contribution in [3.63, 3.8) is 0 Å². The molecule has 0 spiro atoms. The quantitative estimate of drug-likeness (QED) is 0.469. The molecule has 0 aliphatic rings. The molecule has 0 saturated carbocycles. The fourth-order valence-corrected chi connectivity index (χ4v) is 3.65. The Balaban J connectivity index is 1.64. The van der Waals surface area contributed by atoms with Crippen molar-refractivity contribution >= 4 is 33.3 Å². The number of benzene rings is 3. The van der Waals surface area contributed by atoms with Crippen molar-refractivity contribution in [1.82, 2.24) is 14.8 Å². The number of amides is 1. The van der Waals surface area contributed by atoms with Crippen LogP contribution < -0.4 is 15.6 Å². The molecule has 5 rings (SSSR count). The van der Waals surface area contributed by atoms with Gasteiger partial charge in [-0.1, -0.05) is 48.5 Å². The summed E-state index contributed by atoms with van der Waals surface area (Å²) in [5, 5.41) is 9.04. The first-order valence-electron chi connectivity index (χ1n) is 9.97. The van der Waals surface area contributed by atoms with Gasteiger partial charge in [-0.2, -0.15) is 9.78 Å². The van der Waals surface area contributed by atoms with E-state index in [0.29, 0.717) is 27.9 Å². The van der Waals surface area contributed by atoms with Crippen molar-refractivity contribution in [2.75, 3.05) is 12.4 Å². The van der Waals surface area contributed by atoms with Crippen LogP contribution in [-0.2, 0) is 0 Å². The van der Waals surface area contributed by atoms with E-state index in [1.165, 1.54) is 11.8 Å². The van der Waals surface area contributed by atoms with E-state index in [4.69, 9.17) is 4.74 Å². The van der Waals surface area contributed by atoms with E-state index in [-0.39, 0.29) is 11.3 Å². The van der Waals surface area contributed by atoms with Crippen molar-refractivity contribution in [3.8, 4) is 11.4 Å². The van der Waals surface area contributed by atoms with Crippen LogP contribution >= 0.6 is 0 Å². The summed E-state index contributed by atoms with van der Waals surface area (Å²) in [5.74, 6) is 0.0318. The number of nitrogens with zero attached hydrogens (tertiary/aromatic N) is 3. The zero-order valence-corrected chi connectivity index (χ0v) is 17.1. The second-order valence-corrected chi connectivity index (χ2v) is 7.15. The fraction of sp³-hybridized carbons (Fsp3) is 0.0400. The number of nitrogens with one attached hydrogen (secondary N) is 1. The monoisotopic (exact) mass is 422 g/mol. The number of ether oxygens (including phenoxy) is 1. The van der Waals surface area contributed by atoms with Gasteiger partial charge < -0.3 is 10.1 Å². The molecule has 0 unspecified atom stereocenters. The molecule has 3 aromatic carbocycles. The molecule has 32 heavy (non-hydrogen) atoms. The first-order chi connectivity index (χ1) is 15.7. The Morgan fingerprint density at radius 2 is 1.66 bits per heavy atom. The molecule has 156 valence electrons. The minimum atomic E-state index is -0.443. The number of para-hydroxylation sites is 3. The molecular weight excluding hydrogens is 404 g/mol. The molecule has 5 aromatic rings. The van der Waals surface area contributed by atoms with Gasteiger partial charge in [0.2, 0.25) is 0 Å². The number of fused-ring (bicyclic) bond motifs is 2. The lowest BCUT2D eigenvalue weighted by molar-refractivity contribution is 0.102. The lowest BCUT2D eigenvalue weighted by atomic mass is 10.1. The highest BCUT2D eigenvalue weighted by atomic mass is 16.5. The third-order valence-electron chi connectivity index (χ3n) is 5.18. The maximum atomic E-state index is 13.3. The van der Waals surface area contributed by atoms with Crippen LogP contribution in [0.3, 0.4) is 0 Å². The zero-order chi connectivity index (χ0) is 22.1. The molecule has 1 N–H and O–H groups in total. The van der Waals surface area contributed by atoms with Gasteiger partial charge in [0.05, 0.1) is 29.9 Å². The summed E-state index contributed by atoms with van der Waals surface area (Å²) in [6.45, 7) is 0. The Morgan fingerprint density at radius 1 is 0.938 bits per heavy atom. The van der Waals surface area contributed by atoms with E-state index in [1.54, 1.807) is 54.7 Å². The summed E-state index contributed by atoms with van der Waals surface area (Å²) in [4.78, 5) is 30.8. The zero-order valence-electron chi connectivity index (χ0n) is 17.1. The molecule has 1 amide bonds. The summed E-state index contributed by atoms with van der Waals surface area (Å²) in [6.07, 6.45) is 1.60. The lowest BCUT2D eigenvalue weighted by Gasteiger charge is -2.13. The van der Waals surface area contributed by atoms with Gasteiger partial charge in [0, 0.05) is 10.8 Å². The van der Waals surface area contributed by atoms with E-state index in [1.807, 2.05) is 30.3 Å². The van der Waals surface area contributed by atoms with E-state index < -0.39 is 5.91 Å². The first kappa shape index (κ1) is 19.4. The van der Waals surface area contributed by atoms with Crippen LogP contribution in [0.4, 0.5) is 5.69 Å². The van der Waals surface area contributed by atoms with Gasteiger partial charge in [0.25, 0.3) is 11.5 Å². The van der Waals surface area contributed by atoms with E-state index in [0.717, 1.165) is 10.9 Å². The average molecular weight is 422 g/mol. The number of carbonyl (C=O) groups excluding carboxylic acids is 1. The van der Waals surface area contributed by atoms with Crippen molar-refractivity contribution in [2.24, 2.45) is 0 Å². The van der Waals surface area contributed by atoms with Crippen LogP contribution in [0.25, 0.3) is 27.4 Å². The molecule has 2 aromatic heterocycles. The van der Waals surface area contributed by atoms with Gasteiger partial charge in [-0.15, -0.1) is 0 Å². The van der Waals surface area contributed by atoms with Gasteiger partial charge >= 0.3 is 0 Å². The van der Waals surface area contributed by atoms with Crippen LogP contribution in [0.2, 0.25) is 0 Å². The Kier molecular flexibility index (Phi) is 4.84. The number of methoxy groups -OCH3 is 1. The summed E-state index contributed by atoms with van der Waals surface area (Å²) < 4.78 is 6.60. The SMILES string of the molecule is COc1ccccc1-n1nc(C(=O)Nc2cnc3ccccc3c2)c2ccccc2c1=O. The molecule has 0 fully saturated rings. The minimum absolute atomic E-state index is 0.124.